The molecule has 0 saturated heterocycles. The van der Waals surface area contributed by atoms with E-state index < -0.39 is 15.6 Å². The largest absolute Gasteiger partial charge is 0.369 e. The van der Waals surface area contributed by atoms with Gasteiger partial charge in [-0.05, 0) is 36.2 Å². The lowest BCUT2D eigenvalue weighted by molar-refractivity contribution is 0.482. The van der Waals surface area contributed by atoms with Crippen molar-refractivity contribution in [3.63, 3.8) is 0 Å². The van der Waals surface area contributed by atoms with Gasteiger partial charge in [-0.2, -0.15) is 5.10 Å². The van der Waals surface area contributed by atoms with Crippen LogP contribution in [0.4, 0.5) is 0 Å². The Bertz CT molecular complexity index is 1460. The number of nitrogens with two attached hydrogens (primary N) is 1. The van der Waals surface area contributed by atoms with Crippen molar-refractivity contribution >= 4 is 49.0 Å². The molecule has 7 nitrogen and oxygen atoms in total. The van der Waals surface area contributed by atoms with Crippen LogP contribution >= 0.6 is 22.9 Å². The molecule has 3 heterocycles. The molecule has 0 bridgehead atoms. The van der Waals surface area contributed by atoms with Gasteiger partial charge in [-0.1, -0.05) is 41.9 Å². The zero-order valence-electron chi connectivity index (χ0n) is 17.4. The van der Waals surface area contributed by atoms with Crippen LogP contribution in [0, 0.1) is 0 Å². The lowest BCUT2D eigenvalue weighted by Gasteiger charge is -2.33. The summed E-state index contributed by atoms with van der Waals surface area (Å²) >= 11 is 8.25. The summed E-state index contributed by atoms with van der Waals surface area (Å²) in [4.78, 5) is 5.21. The first-order valence-corrected chi connectivity index (χ1v) is 12.6. The van der Waals surface area contributed by atoms with E-state index in [0.29, 0.717) is 9.90 Å². The standard InChI is InChI=1S/C22H20ClN5O2S2/c1-22(13-32(29,30)27(2)21(24)26-22)20-18(23)17-6-3-5-16(19(17)31-20)14-7-9-15(10-8-14)28-12-4-11-25-28/h3-12H,13H2,1-2H3,(H2,24,26)/t22-/m0/s1. The predicted octanol–water partition coefficient (Wildman–Crippen LogP) is 4.21. The fourth-order valence-electron chi connectivity index (χ4n) is 3.94. The number of halogens is 1. The van der Waals surface area contributed by atoms with Gasteiger partial charge in [0, 0.05) is 29.5 Å². The molecule has 10 heteroatoms. The minimum Gasteiger partial charge on any atom is -0.369 e. The van der Waals surface area contributed by atoms with Crippen LogP contribution in [-0.2, 0) is 15.6 Å². The summed E-state index contributed by atoms with van der Waals surface area (Å²) < 4.78 is 29.1. The predicted molar refractivity (Wildman–Crippen MR) is 130 cm³/mol. The number of aliphatic imine (C=N–C) groups is 1. The van der Waals surface area contributed by atoms with Crippen LogP contribution in [-0.4, -0.2) is 41.3 Å². The summed E-state index contributed by atoms with van der Waals surface area (Å²) in [5.41, 5.74) is 7.89. The van der Waals surface area contributed by atoms with E-state index in [4.69, 9.17) is 17.3 Å². The van der Waals surface area contributed by atoms with Crippen LogP contribution in [0.2, 0.25) is 5.02 Å². The summed E-state index contributed by atoms with van der Waals surface area (Å²) in [5.74, 6) is -0.237. The normalized spacial score (nSPS) is 20.5. The molecule has 1 aliphatic rings. The zero-order chi connectivity index (χ0) is 22.7. The van der Waals surface area contributed by atoms with Gasteiger partial charge in [0.25, 0.3) is 0 Å². The van der Waals surface area contributed by atoms with E-state index in [1.54, 1.807) is 17.8 Å². The minimum absolute atomic E-state index is 0.0401. The van der Waals surface area contributed by atoms with Crippen LogP contribution in [0.1, 0.15) is 11.8 Å². The smallest absolute Gasteiger partial charge is 0.239 e. The number of hydrogen-bond acceptors (Lipinski definition) is 6. The lowest BCUT2D eigenvalue weighted by atomic mass is 10.0. The van der Waals surface area contributed by atoms with E-state index in [9.17, 15) is 8.42 Å². The van der Waals surface area contributed by atoms with Gasteiger partial charge < -0.3 is 5.73 Å². The van der Waals surface area contributed by atoms with Gasteiger partial charge in [-0.3, -0.25) is 0 Å². The highest BCUT2D eigenvalue weighted by Crippen LogP contribution is 2.47. The van der Waals surface area contributed by atoms with Crippen molar-refractivity contribution in [3.8, 4) is 16.8 Å². The molecule has 0 unspecified atom stereocenters. The van der Waals surface area contributed by atoms with Crippen molar-refractivity contribution < 1.29 is 8.42 Å². The number of hydrogen-bond donors (Lipinski definition) is 1. The fraction of sp³-hybridized carbons (Fsp3) is 0.182. The molecule has 0 saturated carbocycles. The Labute approximate surface area is 194 Å². The molecule has 1 atom stereocenters. The quantitative estimate of drug-likeness (QED) is 0.470. The molecule has 1 aliphatic heterocycles. The highest BCUT2D eigenvalue weighted by Gasteiger charge is 2.42. The van der Waals surface area contributed by atoms with Gasteiger partial charge in [0.1, 0.15) is 5.54 Å². The lowest BCUT2D eigenvalue weighted by Crippen LogP contribution is -2.50. The molecule has 164 valence electrons. The molecule has 32 heavy (non-hydrogen) atoms. The zero-order valence-corrected chi connectivity index (χ0v) is 19.7. The monoisotopic (exact) mass is 485 g/mol. The number of rotatable bonds is 3. The summed E-state index contributed by atoms with van der Waals surface area (Å²) in [7, 11) is -2.18. The minimum atomic E-state index is -3.59. The van der Waals surface area contributed by atoms with Crippen molar-refractivity contribution in [1.82, 2.24) is 14.1 Å². The Morgan fingerprint density at radius 1 is 1.16 bits per heavy atom. The summed E-state index contributed by atoms with van der Waals surface area (Å²) in [6.07, 6.45) is 3.63. The molecule has 0 amide bonds. The maximum atomic E-state index is 12.6. The first-order valence-electron chi connectivity index (χ1n) is 9.83. The Hall–Kier alpha value is -2.88. The molecule has 0 aliphatic carbocycles. The number of aromatic nitrogens is 2. The van der Waals surface area contributed by atoms with Crippen LogP contribution in [0.15, 0.2) is 65.9 Å². The molecule has 5 rings (SSSR count). The maximum absolute atomic E-state index is 12.6. The number of sulfonamides is 1. The van der Waals surface area contributed by atoms with Gasteiger partial charge in [0.05, 0.1) is 21.3 Å². The van der Waals surface area contributed by atoms with E-state index in [2.05, 4.69) is 10.1 Å². The molecule has 2 N–H and O–H groups in total. The van der Waals surface area contributed by atoms with Crippen LogP contribution in [0.3, 0.4) is 0 Å². The van der Waals surface area contributed by atoms with Crippen LogP contribution < -0.4 is 5.73 Å². The van der Waals surface area contributed by atoms with Gasteiger partial charge in [-0.25, -0.2) is 22.4 Å². The van der Waals surface area contributed by atoms with Gasteiger partial charge in [0.15, 0.2) is 0 Å². The van der Waals surface area contributed by atoms with E-state index >= 15 is 0 Å². The van der Waals surface area contributed by atoms with Crippen molar-refractivity contribution in [2.24, 2.45) is 10.7 Å². The molecule has 0 fully saturated rings. The third kappa shape index (κ3) is 3.28. The van der Waals surface area contributed by atoms with Gasteiger partial charge in [0.2, 0.25) is 16.0 Å². The third-order valence-corrected chi connectivity index (χ3v) is 9.60. The number of guanidine groups is 1. The van der Waals surface area contributed by atoms with Crippen LogP contribution in [0.5, 0.6) is 0 Å². The summed E-state index contributed by atoms with van der Waals surface area (Å²) in [5, 5.41) is 5.64. The second-order valence-electron chi connectivity index (χ2n) is 7.89. The second-order valence-corrected chi connectivity index (χ2v) is 11.3. The highest BCUT2D eigenvalue weighted by molar-refractivity contribution is 7.89. The molecule has 0 spiro atoms. The average molecular weight is 486 g/mol. The Balaban J connectivity index is 1.64. The molecule has 0 radical (unpaired) electrons. The van der Waals surface area contributed by atoms with E-state index in [1.807, 2.05) is 54.7 Å². The molecular formula is C22H20ClN5O2S2. The first kappa shape index (κ1) is 21.0. The average Bonchev–Trinajstić information content (AvgIpc) is 3.41. The second kappa shape index (κ2) is 7.33. The third-order valence-electron chi connectivity index (χ3n) is 5.66. The highest BCUT2D eigenvalue weighted by atomic mass is 35.5. The Morgan fingerprint density at radius 2 is 1.91 bits per heavy atom. The Morgan fingerprint density at radius 3 is 2.56 bits per heavy atom. The summed E-state index contributed by atoms with van der Waals surface area (Å²) in [6, 6.07) is 15.9. The van der Waals surface area contributed by atoms with Crippen molar-refractivity contribution in [3.05, 3.63) is 70.8 Å². The van der Waals surface area contributed by atoms with Crippen molar-refractivity contribution in [1.29, 1.82) is 0 Å². The van der Waals surface area contributed by atoms with Crippen LogP contribution in [0.25, 0.3) is 26.9 Å². The van der Waals surface area contributed by atoms with E-state index in [1.165, 1.54) is 18.4 Å². The topological polar surface area (TPSA) is 93.6 Å². The number of thiophene rings is 1. The SMILES string of the molecule is CN1C(N)=N[C@](C)(c2sc3c(-c4ccc(-n5cccn5)cc4)cccc3c2Cl)CS1(=O)=O. The molecule has 4 aromatic rings. The van der Waals surface area contributed by atoms with Gasteiger partial charge in [-0.15, -0.1) is 11.3 Å². The van der Waals surface area contributed by atoms with Crippen molar-refractivity contribution in [2.45, 2.75) is 12.5 Å². The van der Waals surface area contributed by atoms with Gasteiger partial charge >= 0.3 is 0 Å². The number of nitrogens with zero attached hydrogens (tertiary/aromatic N) is 4. The Kier molecular flexibility index (Phi) is 4.81. The number of benzene rings is 2. The van der Waals surface area contributed by atoms with Crippen molar-refractivity contribution in [2.75, 3.05) is 12.8 Å². The van der Waals surface area contributed by atoms with E-state index in [0.717, 1.165) is 31.2 Å². The molecule has 2 aromatic heterocycles. The first-order chi connectivity index (χ1) is 15.2. The fourth-order valence-corrected chi connectivity index (χ4v) is 7.32. The summed E-state index contributed by atoms with van der Waals surface area (Å²) in [6.45, 7) is 1.76. The number of fused-ring (bicyclic) bond motifs is 1. The molecular weight excluding hydrogens is 466 g/mol. The molecule has 2 aromatic carbocycles. The van der Waals surface area contributed by atoms with E-state index in [-0.39, 0.29) is 11.7 Å². The maximum Gasteiger partial charge on any atom is 0.239 e.